The Morgan fingerprint density at radius 3 is 2.15 bits per heavy atom. The maximum Gasteiger partial charge on any atom is 0.333 e. The molecule has 2 saturated carbocycles. The fourth-order valence-electron chi connectivity index (χ4n) is 6.15. The number of carbonyl (C=O) groups excluding carboxylic acids is 1. The molecule has 1 aromatic carbocycles. The van der Waals surface area contributed by atoms with Gasteiger partial charge in [-0.05, 0) is 80.2 Å². The van der Waals surface area contributed by atoms with Crippen LogP contribution < -0.4 is 0 Å². The summed E-state index contributed by atoms with van der Waals surface area (Å²) in [6.45, 7) is 7.71. The number of ether oxygens (including phenoxy) is 1. The van der Waals surface area contributed by atoms with E-state index in [1.807, 2.05) is 0 Å². The van der Waals surface area contributed by atoms with E-state index in [0.29, 0.717) is 11.5 Å². The largest absolute Gasteiger partial charge is 0.462 e. The monoisotopic (exact) mass is 454 g/mol. The van der Waals surface area contributed by atoms with Crippen molar-refractivity contribution in [1.82, 2.24) is 0 Å². The van der Waals surface area contributed by atoms with Crippen LogP contribution in [-0.4, -0.2) is 24.3 Å². The van der Waals surface area contributed by atoms with E-state index in [1.165, 1.54) is 82.6 Å². The third-order valence-corrected chi connectivity index (χ3v) is 8.41. The summed E-state index contributed by atoms with van der Waals surface area (Å²) in [7, 11) is 0. The molecule has 0 spiro atoms. The highest BCUT2D eigenvalue weighted by Gasteiger charge is 2.31. The summed E-state index contributed by atoms with van der Waals surface area (Å²) in [6.07, 6.45) is 16.9. The molecule has 0 radical (unpaired) electrons. The Morgan fingerprint density at radius 2 is 1.61 bits per heavy atom. The summed E-state index contributed by atoms with van der Waals surface area (Å²) in [5, 5.41) is 9.76. The van der Waals surface area contributed by atoms with Gasteiger partial charge in [-0.25, -0.2) is 4.79 Å². The lowest BCUT2D eigenvalue weighted by Gasteiger charge is -2.38. The van der Waals surface area contributed by atoms with Crippen molar-refractivity contribution in [2.45, 2.75) is 103 Å². The van der Waals surface area contributed by atoms with Crippen LogP contribution in [0.2, 0.25) is 0 Å². The maximum absolute atomic E-state index is 11.7. The van der Waals surface area contributed by atoms with Gasteiger partial charge in [0.25, 0.3) is 0 Å². The van der Waals surface area contributed by atoms with Crippen LogP contribution in [-0.2, 0) is 9.53 Å². The minimum atomic E-state index is -0.396. The molecule has 0 aromatic heterocycles. The summed E-state index contributed by atoms with van der Waals surface area (Å²) < 4.78 is 5.26. The van der Waals surface area contributed by atoms with Crippen LogP contribution in [0, 0.1) is 17.8 Å². The number of aliphatic hydroxyl groups excluding tert-OH is 1. The van der Waals surface area contributed by atoms with Gasteiger partial charge in [-0.15, -0.1) is 0 Å². The van der Waals surface area contributed by atoms with Gasteiger partial charge >= 0.3 is 5.97 Å². The highest BCUT2D eigenvalue weighted by Crippen LogP contribution is 2.44. The van der Waals surface area contributed by atoms with Gasteiger partial charge in [0, 0.05) is 11.5 Å². The second-order valence-electron chi connectivity index (χ2n) is 10.8. The summed E-state index contributed by atoms with van der Waals surface area (Å²) >= 11 is 0. The normalized spacial score (nSPS) is 26.5. The Morgan fingerprint density at radius 1 is 1.00 bits per heavy atom. The van der Waals surface area contributed by atoms with E-state index >= 15 is 0 Å². The first kappa shape index (κ1) is 26.0. The van der Waals surface area contributed by atoms with E-state index in [9.17, 15) is 9.90 Å². The Kier molecular flexibility index (Phi) is 10.5. The number of unbranched alkanes of at least 4 members (excludes halogenated alkanes) is 2. The van der Waals surface area contributed by atoms with Gasteiger partial charge in [-0.2, -0.15) is 0 Å². The molecule has 0 heterocycles. The Hall–Kier alpha value is -1.61. The zero-order valence-electron chi connectivity index (χ0n) is 21.1. The van der Waals surface area contributed by atoms with Crippen LogP contribution in [0.4, 0.5) is 0 Å². The van der Waals surface area contributed by atoms with E-state index < -0.39 is 5.97 Å². The lowest BCUT2D eigenvalue weighted by Crippen LogP contribution is -2.25. The molecular weight excluding hydrogens is 408 g/mol. The molecular formula is C30H46O3. The molecule has 1 atom stereocenters. The van der Waals surface area contributed by atoms with Gasteiger partial charge in [0.1, 0.15) is 6.61 Å². The first-order valence-electron chi connectivity index (χ1n) is 13.5. The van der Waals surface area contributed by atoms with Crippen LogP contribution in [0.25, 0.3) is 0 Å². The van der Waals surface area contributed by atoms with Crippen molar-refractivity contribution in [3.05, 3.63) is 47.5 Å². The molecule has 0 aliphatic heterocycles. The van der Waals surface area contributed by atoms with E-state index in [1.54, 1.807) is 6.92 Å². The van der Waals surface area contributed by atoms with Crippen LogP contribution in [0.15, 0.2) is 36.4 Å². The van der Waals surface area contributed by atoms with Crippen LogP contribution in [0.3, 0.4) is 0 Å². The van der Waals surface area contributed by atoms with Crippen molar-refractivity contribution >= 4 is 5.97 Å². The molecule has 33 heavy (non-hydrogen) atoms. The number of carbonyl (C=O) groups is 1. The molecule has 3 rings (SSSR count). The second kappa shape index (κ2) is 13.3. The number of benzene rings is 1. The molecule has 2 fully saturated rings. The van der Waals surface area contributed by atoms with E-state index in [0.717, 1.165) is 23.3 Å². The number of rotatable bonds is 11. The predicted molar refractivity (Wildman–Crippen MR) is 136 cm³/mol. The molecule has 3 nitrogen and oxygen atoms in total. The molecule has 2 aliphatic carbocycles. The molecule has 3 heteroatoms. The van der Waals surface area contributed by atoms with E-state index in [-0.39, 0.29) is 19.1 Å². The molecule has 0 saturated heterocycles. The van der Waals surface area contributed by atoms with Gasteiger partial charge in [0.15, 0.2) is 0 Å². The molecule has 184 valence electrons. The smallest absolute Gasteiger partial charge is 0.333 e. The topological polar surface area (TPSA) is 46.5 Å². The van der Waals surface area contributed by atoms with Gasteiger partial charge < -0.3 is 9.84 Å². The van der Waals surface area contributed by atoms with Gasteiger partial charge in [-0.3, -0.25) is 0 Å². The van der Waals surface area contributed by atoms with E-state index in [2.05, 4.69) is 37.8 Å². The SMILES string of the molecule is C=C(C)C(=O)OCC(CO)c1ccc(C2CCC(C3CCC(CCCCC)CC3)CC2)cc1. The number of esters is 1. The lowest BCUT2D eigenvalue weighted by molar-refractivity contribution is -0.139. The van der Waals surface area contributed by atoms with Crippen molar-refractivity contribution < 1.29 is 14.6 Å². The lowest BCUT2D eigenvalue weighted by atomic mass is 9.68. The van der Waals surface area contributed by atoms with Crippen molar-refractivity contribution in [2.24, 2.45) is 17.8 Å². The average molecular weight is 455 g/mol. The molecule has 1 N–H and O–H groups in total. The predicted octanol–water partition coefficient (Wildman–Crippen LogP) is 7.54. The molecule has 0 amide bonds. The third kappa shape index (κ3) is 7.70. The van der Waals surface area contributed by atoms with Gasteiger partial charge in [-0.1, -0.05) is 76.3 Å². The maximum atomic E-state index is 11.7. The molecule has 2 aliphatic rings. The Labute approximate surface area is 202 Å². The second-order valence-corrected chi connectivity index (χ2v) is 10.8. The van der Waals surface area contributed by atoms with E-state index in [4.69, 9.17) is 4.74 Å². The standard InChI is InChI=1S/C30H46O3/c1-4-5-6-7-23-8-10-24(11-9-23)25-12-14-26(15-13-25)27-16-18-28(19-17-27)29(20-31)21-33-30(32)22(2)3/h16-19,23-26,29,31H,2,4-15,20-21H2,1,3H3. The fraction of sp³-hybridized carbons (Fsp3) is 0.700. The third-order valence-electron chi connectivity index (χ3n) is 8.41. The molecule has 1 aromatic rings. The highest BCUT2D eigenvalue weighted by molar-refractivity contribution is 5.86. The van der Waals surface area contributed by atoms with Crippen LogP contribution >= 0.6 is 0 Å². The number of hydrogen-bond donors (Lipinski definition) is 1. The first-order valence-corrected chi connectivity index (χ1v) is 13.5. The number of aliphatic hydroxyl groups is 1. The van der Waals surface area contributed by atoms with Crippen molar-refractivity contribution in [2.75, 3.05) is 13.2 Å². The zero-order valence-corrected chi connectivity index (χ0v) is 21.1. The van der Waals surface area contributed by atoms with Crippen molar-refractivity contribution in [3.8, 4) is 0 Å². The van der Waals surface area contributed by atoms with Gasteiger partial charge in [0.05, 0.1) is 6.61 Å². The number of hydrogen-bond acceptors (Lipinski definition) is 3. The highest BCUT2D eigenvalue weighted by atomic mass is 16.5. The van der Waals surface area contributed by atoms with Gasteiger partial charge in [0.2, 0.25) is 0 Å². The summed E-state index contributed by atoms with van der Waals surface area (Å²) in [5.41, 5.74) is 2.84. The van der Waals surface area contributed by atoms with Crippen LogP contribution in [0.5, 0.6) is 0 Å². The van der Waals surface area contributed by atoms with Crippen molar-refractivity contribution in [3.63, 3.8) is 0 Å². The molecule has 0 bridgehead atoms. The summed E-state index contributed by atoms with van der Waals surface area (Å²) in [6, 6.07) is 8.67. The Bertz CT molecular complexity index is 721. The quantitative estimate of drug-likeness (QED) is 0.213. The minimum absolute atomic E-state index is 0.0330. The van der Waals surface area contributed by atoms with Crippen LogP contribution in [0.1, 0.15) is 114 Å². The summed E-state index contributed by atoms with van der Waals surface area (Å²) in [5.74, 6) is 3.01. The summed E-state index contributed by atoms with van der Waals surface area (Å²) in [4.78, 5) is 11.7. The Balaban J connectivity index is 1.43. The fourth-order valence-corrected chi connectivity index (χ4v) is 6.15. The average Bonchev–Trinajstić information content (AvgIpc) is 2.85. The minimum Gasteiger partial charge on any atom is -0.462 e. The molecule has 1 unspecified atom stereocenters. The zero-order chi connectivity index (χ0) is 23.6. The van der Waals surface area contributed by atoms with Crippen molar-refractivity contribution in [1.29, 1.82) is 0 Å². The first-order chi connectivity index (χ1) is 16.0.